The van der Waals surface area contributed by atoms with Crippen molar-refractivity contribution in [3.63, 3.8) is 0 Å². The summed E-state index contributed by atoms with van der Waals surface area (Å²) in [6.45, 7) is 2.53. The van der Waals surface area contributed by atoms with E-state index in [1.54, 1.807) is 4.68 Å². The van der Waals surface area contributed by atoms with Gasteiger partial charge in [0.25, 0.3) is 5.91 Å². The first kappa shape index (κ1) is 16.9. The summed E-state index contributed by atoms with van der Waals surface area (Å²) in [6.07, 6.45) is 1.87. The van der Waals surface area contributed by atoms with Crippen LogP contribution >= 0.6 is 11.3 Å². The molecule has 0 bridgehead atoms. The molecule has 1 aromatic carbocycles. The van der Waals surface area contributed by atoms with Gasteiger partial charge in [-0.1, -0.05) is 24.3 Å². The van der Waals surface area contributed by atoms with E-state index >= 15 is 0 Å². The maximum absolute atomic E-state index is 12.2. The predicted octanol–water partition coefficient (Wildman–Crippen LogP) is 2.12. The summed E-state index contributed by atoms with van der Waals surface area (Å²) in [5.41, 5.74) is 0.964. The highest BCUT2D eigenvalue weighted by Gasteiger charge is 2.23. The fourth-order valence-corrected chi connectivity index (χ4v) is 3.80. The number of nitrogens with one attached hydrogen (secondary N) is 1. The Balaban J connectivity index is 1.32. The molecule has 134 valence electrons. The van der Waals surface area contributed by atoms with Gasteiger partial charge in [0, 0.05) is 19.1 Å². The second-order valence-electron chi connectivity index (χ2n) is 6.34. The van der Waals surface area contributed by atoms with E-state index in [0.29, 0.717) is 6.54 Å². The molecule has 8 heteroatoms. The molecular formula is C18H20N6OS. The first-order chi connectivity index (χ1) is 12.8. The van der Waals surface area contributed by atoms with Crippen LogP contribution < -0.4 is 5.32 Å². The van der Waals surface area contributed by atoms with Crippen molar-refractivity contribution in [1.29, 1.82) is 0 Å². The van der Waals surface area contributed by atoms with Gasteiger partial charge >= 0.3 is 0 Å². The molecule has 0 saturated carbocycles. The lowest BCUT2D eigenvalue weighted by atomic mass is 10.0. The number of tetrazole rings is 1. The molecule has 1 fully saturated rings. The van der Waals surface area contributed by atoms with E-state index < -0.39 is 0 Å². The Morgan fingerprint density at radius 3 is 2.69 bits per heavy atom. The molecule has 1 aliphatic heterocycles. The van der Waals surface area contributed by atoms with Gasteiger partial charge in [0.15, 0.2) is 5.82 Å². The lowest BCUT2D eigenvalue weighted by Crippen LogP contribution is -2.44. The number of para-hydroxylation sites is 1. The van der Waals surface area contributed by atoms with Crippen LogP contribution in [0.1, 0.15) is 28.3 Å². The largest absolute Gasteiger partial charge is 0.349 e. The van der Waals surface area contributed by atoms with Gasteiger partial charge in [-0.2, -0.15) is 4.68 Å². The monoisotopic (exact) mass is 368 g/mol. The second-order valence-corrected chi connectivity index (χ2v) is 7.29. The van der Waals surface area contributed by atoms with Gasteiger partial charge in [-0.05, 0) is 46.8 Å². The Morgan fingerprint density at radius 2 is 1.96 bits per heavy atom. The van der Waals surface area contributed by atoms with E-state index in [-0.39, 0.29) is 11.9 Å². The molecule has 0 atom stereocenters. The molecule has 3 heterocycles. The minimum atomic E-state index is 0.0338. The highest BCUT2D eigenvalue weighted by atomic mass is 32.1. The highest BCUT2D eigenvalue weighted by Crippen LogP contribution is 2.16. The van der Waals surface area contributed by atoms with Crippen molar-refractivity contribution in [1.82, 2.24) is 30.4 Å². The van der Waals surface area contributed by atoms with Crippen LogP contribution in [0, 0.1) is 0 Å². The lowest BCUT2D eigenvalue weighted by molar-refractivity contribution is 0.0912. The van der Waals surface area contributed by atoms with Crippen LogP contribution in [0.5, 0.6) is 0 Å². The van der Waals surface area contributed by atoms with Crippen LogP contribution in [0.15, 0.2) is 47.8 Å². The number of carbonyl (C=O) groups excluding carboxylic acids is 1. The van der Waals surface area contributed by atoms with Gasteiger partial charge in [-0.25, -0.2) is 0 Å². The summed E-state index contributed by atoms with van der Waals surface area (Å²) >= 11 is 1.48. The van der Waals surface area contributed by atoms with Gasteiger partial charge in [0.1, 0.15) is 0 Å². The van der Waals surface area contributed by atoms with Crippen LogP contribution in [0.2, 0.25) is 0 Å². The SMILES string of the molecule is O=C(NC1CCN(Cc2nnnn2-c2ccccc2)CC1)c1cccs1. The van der Waals surface area contributed by atoms with Gasteiger partial charge in [0.05, 0.1) is 17.1 Å². The van der Waals surface area contributed by atoms with E-state index in [1.165, 1.54) is 11.3 Å². The summed E-state index contributed by atoms with van der Waals surface area (Å²) < 4.78 is 1.78. The fourth-order valence-electron chi connectivity index (χ4n) is 3.17. The molecule has 1 saturated heterocycles. The summed E-state index contributed by atoms with van der Waals surface area (Å²) in [5.74, 6) is 0.865. The first-order valence-electron chi connectivity index (χ1n) is 8.69. The van der Waals surface area contributed by atoms with E-state index in [4.69, 9.17) is 0 Å². The fraction of sp³-hybridized carbons (Fsp3) is 0.333. The molecule has 0 spiro atoms. The third-order valence-electron chi connectivity index (χ3n) is 4.57. The molecule has 0 radical (unpaired) electrons. The Hall–Kier alpha value is -2.58. The summed E-state index contributed by atoms with van der Waals surface area (Å²) in [7, 11) is 0. The predicted molar refractivity (Wildman–Crippen MR) is 99.2 cm³/mol. The average molecular weight is 368 g/mol. The van der Waals surface area contributed by atoms with E-state index in [1.807, 2.05) is 47.8 Å². The Labute approximate surface area is 155 Å². The number of hydrogen-bond acceptors (Lipinski definition) is 6. The number of likely N-dealkylation sites (tertiary alicyclic amines) is 1. The maximum Gasteiger partial charge on any atom is 0.261 e. The highest BCUT2D eigenvalue weighted by molar-refractivity contribution is 7.12. The number of piperidine rings is 1. The average Bonchev–Trinajstić information content (AvgIpc) is 3.36. The maximum atomic E-state index is 12.2. The van der Waals surface area contributed by atoms with Crippen LogP contribution in [0.4, 0.5) is 0 Å². The van der Waals surface area contributed by atoms with Crippen LogP contribution in [0.25, 0.3) is 5.69 Å². The Morgan fingerprint density at radius 1 is 1.15 bits per heavy atom. The van der Waals surface area contributed by atoms with E-state index in [2.05, 4.69) is 25.7 Å². The molecule has 1 aliphatic rings. The minimum absolute atomic E-state index is 0.0338. The summed E-state index contributed by atoms with van der Waals surface area (Å²) in [6, 6.07) is 13.9. The Bertz CT molecular complexity index is 840. The third-order valence-corrected chi connectivity index (χ3v) is 5.44. The molecule has 4 rings (SSSR count). The van der Waals surface area contributed by atoms with Gasteiger partial charge in [-0.15, -0.1) is 16.4 Å². The zero-order valence-electron chi connectivity index (χ0n) is 14.3. The molecule has 0 unspecified atom stereocenters. The number of hydrogen-bond donors (Lipinski definition) is 1. The molecule has 1 amide bonds. The number of benzene rings is 1. The molecular weight excluding hydrogens is 348 g/mol. The molecule has 0 aliphatic carbocycles. The number of carbonyl (C=O) groups is 1. The first-order valence-corrected chi connectivity index (χ1v) is 9.57. The lowest BCUT2D eigenvalue weighted by Gasteiger charge is -2.31. The molecule has 26 heavy (non-hydrogen) atoms. The van der Waals surface area contributed by atoms with E-state index in [9.17, 15) is 4.79 Å². The number of thiophene rings is 1. The molecule has 7 nitrogen and oxygen atoms in total. The second kappa shape index (κ2) is 7.76. The molecule has 1 N–H and O–H groups in total. The van der Waals surface area contributed by atoms with Crippen molar-refractivity contribution in [2.75, 3.05) is 13.1 Å². The summed E-state index contributed by atoms with van der Waals surface area (Å²) in [4.78, 5) is 15.3. The van der Waals surface area contributed by atoms with Crippen molar-refractivity contribution in [2.45, 2.75) is 25.4 Å². The molecule has 2 aromatic heterocycles. The van der Waals surface area contributed by atoms with Crippen molar-refractivity contribution in [3.05, 3.63) is 58.5 Å². The van der Waals surface area contributed by atoms with Gasteiger partial charge in [0.2, 0.25) is 0 Å². The Kier molecular flexibility index (Phi) is 5.03. The van der Waals surface area contributed by atoms with Crippen molar-refractivity contribution in [3.8, 4) is 5.69 Å². The van der Waals surface area contributed by atoms with Crippen LogP contribution in [-0.4, -0.2) is 50.1 Å². The number of aromatic nitrogens is 4. The minimum Gasteiger partial charge on any atom is -0.349 e. The van der Waals surface area contributed by atoms with Crippen LogP contribution in [-0.2, 0) is 6.54 Å². The molecule has 3 aromatic rings. The smallest absolute Gasteiger partial charge is 0.261 e. The quantitative estimate of drug-likeness (QED) is 0.747. The zero-order valence-corrected chi connectivity index (χ0v) is 15.1. The number of rotatable bonds is 5. The van der Waals surface area contributed by atoms with E-state index in [0.717, 1.165) is 42.3 Å². The summed E-state index contributed by atoms with van der Waals surface area (Å²) in [5, 5.41) is 17.2. The topological polar surface area (TPSA) is 75.9 Å². The standard InChI is InChI=1S/C18H20N6OS/c25-18(16-7-4-12-26-16)19-14-8-10-23(11-9-14)13-17-20-21-22-24(17)15-5-2-1-3-6-15/h1-7,12,14H,8-11,13H2,(H,19,25). The zero-order chi connectivity index (χ0) is 17.8. The van der Waals surface area contributed by atoms with Crippen molar-refractivity contribution in [2.24, 2.45) is 0 Å². The van der Waals surface area contributed by atoms with Crippen molar-refractivity contribution < 1.29 is 4.79 Å². The van der Waals surface area contributed by atoms with Crippen LogP contribution in [0.3, 0.4) is 0 Å². The number of nitrogens with zero attached hydrogens (tertiary/aromatic N) is 5. The van der Waals surface area contributed by atoms with Gasteiger partial charge < -0.3 is 5.32 Å². The number of amides is 1. The third kappa shape index (κ3) is 3.81. The van der Waals surface area contributed by atoms with Crippen molar-refractivity contribution >= 4 is 17.2 Å². The normalized spacial score (nSPS) is 15.8. The van der Waals surface area contributed by atoms with Gasteiger partial charge in [-0.3, -0.25) is 9.69 Å².